The third-order valence-electron chi connectivity index (χ3n) is 8.11. The van der Waals surface area contributed by atoms with Crippen LogP contribution in [0.1, 0.15) is 49.8 Å². The fraction of sp³-hybridized carbons (Fsp3) is 0.536. The summed E-state index contributed by atoms with van der Waals surface area (Å²) >= 11 is 4.57. The summed E-state index contributed by atoms with van der Waals surface area (Å²) in [4.78, 5) is 13.5. The van der Waals surface area contributed by atoms with E-state index in [-0.39, 0.29) is 18.6 Å². The second-order valence-corrected chi connectivity index (χ2v) is 10.9. The van der Waals surface area contributed by atoms with E-state index in [0.717, 1.165) is 23.0 Å². The highest BCUT2D eigenvalue weighted by molar-refractivity contribution is 7.85. The summed E-state index contributed by atoms with van der Waals surface area (Å²) in [6, 6.07) is 7.78. The van der Waals surface area contributed by atoms with Crippen LogP contribution in [-0.4, -0.2) is 37.9 Å². The summed E-state index contributed by atoms with van der Waals surface area (Å²) in [6.45, 7) is 0.0807. The number of furan rings is 1. The SMILES string of the molecule is COc1cc(OC)cc(-c2cc(CCCO)c(/C=C(\S)C(=O)NC3C4CC5CC(C4)CC3C5)o2)c1. The Balaban J connectivity index is 1.37. The van der Waals surface area contributed by atoms with Crippen molar-refractivity contribution in [1.29, 1.82) is 0 Å². The van der Waals surface area contributed by atoms with E-state index in [1.54, 1.807) is 26.4 Å². The van der Waals surface area contributed by atoms with Crippen molar-refractivity contribution in [3.8, 4) is 22.8 Å². The summed E-state index contributed by atoms with van der Waals surface area (Å²) in [5.74, 6) is 5.35. The van der Waals surface area contributed by atoms with Gasteiger partial charge in [0.15, 0.2) is 0 Å². The number of hydrogen-bond donors (Lipinski definition) is 3. The van der Waals surface area contributed by atoms with Crippen LogP contribution in [0.5, 0.6) is 11.5 Å². The van der Waals surface area contributed by atoms with Crippen LogP contribution in [0, 0.1) is 23.7 Å². The zero-order valence-electron chi connectivity index (χ0n) is 20.5. The molecule has 6 rings (SSSR count). The highest BCUT2D eigenvalue weighted by Crippen LogP contribution is 2.53. The second kappa shape index (κ2) is 10.3. The van der Waals surface area contributed by atoms with E-state index in [4.69, 9.17) is 13.9 Å². The Morgan fingerprint density at radius 2 is 1.69 bits per heavy atom. The minimum atomic E-state index is -0.139. The summed E-state index contributed by atoms with van der Waals surface area (Å²) < 4.78 is 17.0. The van der Waals surface area contributed by atoms with Crippen LogP contribution in [0.15, 0.2) is 33.6 Å². The van der Waals surface area contributed by atoms with Crippen LogP contribution >= 0.6 is 12.6 Å². The number of benzene rings is 1. The number of rotatable bonds is 9. The molecule has 4 fully saturated rings. The number of amides is 1. The summed E-state index contributed by atoms with van der Waals surface area (Å²) in [7, 11) is 3.22. The van der Waals surface area contributed by atoms with Gasteiger partial charge in [-0.25, -0.2) is 0 Å². The minimum absolute atomic E-state index is 0.0807. The van der Waals surface area contributed by atoms with Gasteiger partial charge in [-0.15, -0.1) is 12.6 Å². The lowest BCUT2D eigenvalue weighted by molar-refractivity contribution is -0.120. The van der Waals surface area contributed by atoms with Gasteiger partial charge in [-0.3, -0.25) is 4.79 Å². The van der Waals surface area contributed by atoms with Crippen LogP contribution in [0.3, 0.4) is 0 Å². The average Bonchev–Trinajstić information content (AvgIpc) is 3.26. The predicted octanol–water partition coefficient (Wildman–Crippen LogP) is 5.10. The monoisotopic (exact) mass is 497 g/mol. The van der Waals surface area contributed by atoms with Crippen LogP contribution in [-0.2, 0) is 11.2 Å². The number of carbonyl (C=O) groups excluding carboxylic acids is 1. The Morgan fingerprint density at radius 3 is 2.26 bits per heavy atom. The molecule has 4 bridgehead atoms. The predicted molar refractivity (Wildman–Crippen MR) is 139 cm³/mol. The van der Waals surface area contributed by atoms with E-state index in [9.17, 15) is 9.90 Å². The maximum Gasteiger partial charge on any atom is 0.257 e. The first kappa shape index (κ1) is 24.3. The van der Waals surface area contributed by atoms with Crippen LogP contribution < -0.4 is 14.8 Å². The molecule has 35 heavy (non-hydrogen) atoms. The number of carbonyl (C=O) groups is 1. The standard InChI is InChI=1S/C28H35NO5S/c1-32-22-11-19(12-23(14-22)33-2)24-13-18(4-3-5-30)25(34-24)15-26(35)28(31)29-27-20-7-16-6-17(9-20)10-21(27)8-16/h11-17,20-21,27,30,35H,3-10H2,1-2H3,(H,29,31)/b26-15-. The number of aryl methyl sites for hydroxylation is 1. The zero-order chi connectivity index (χ0) is 24.5. The van der Waals surface area contributed by atoms with Crippen molar-refractivity contribution in [2.75, 3.05) is 20.8 Å². The molecule has 6 nitrogen and oxygen atoms in total. The first-order chi connectivity index (χ1) is 17.0. The van der Waals surface area contributed by atoms with Crippen LogP contribution in [0.2, 0.25) is 0 Å². The van der Waals surface area contributed by atoms with Gasteiger partial charge in [0.2, 0.25) is 0 Å². The summed E-state index contributed by atoms with van der Waals surface area (Å²) in [5.41, 5.74) is 1.73. The van der Waals surface area contributed by atoms with Crippen molar-refractivity contribution in [3.63, 3.8) is 0 Å². The first-order valence-electron chi connectivity index (χ1n) is 12.7. The molecule has 1 aromatic carbocycles. The van der Waals surface area contributed by atoms with Gasteiger partial charge in [-0.1, -0.05) is 0 Å². The van der Waals surface area contributed by atoms with Gasteiger partial charge in [-0.2, -0.15) is 0 Å². The molecule has 1 heterocycles. The minimum Gasteiger partial charge on any atom is -0.497 e. The molecule has 4 aliphatic rings. The highest BCUT2D eigenvalue weighted by Gasteiger charge is 2.48. The number of nitrogens with one attached hydrogen (secondary N) is 1. The van der Waals surface area contributed by atoms with Crippen LogP contribution in [0.25, 0.3) is 17.4 Å². The van der Waals surface area contributed by atoms with Crippen molar-refractivity contribution in [2.45, 2.75) is 51.0 Å². The van der Waals surface area contributed by atoms with Gasteiger partial charge in [0.05, 0.1) is 19.1 Å². The Morgan fingerprint density at radius 1 is 1.06 bits per heavy atom. The van der Waals surface area contributed by atoms with Crippen molar-refractivity contribution in [3.05, 3.63) is 40.5 Å². The lowest BCUT2D eigenvalue weighted by Crippen LogP contribution is -2.55. The molecule has 1 aromatic heterocycles. The van der Waals surface area contributed by atoms with Crippen molar-refractivity contribution in [1.82, 2.24) is 5.32 Å². The van der Waals surface area contributed by atoms with Gasteiger partial charge in [0, 0.05) is 24.3 Å². The van der Waals surface area contributed by atoms with E-state index >= 15 is 0 Å². The van der Waals surface area contributed by atoms with Crippen molar-refractivity contribution >= 4 is 24.6 Å². The summed E-state index contributed by atoms with van der Waals surface area (Å²) in [5, 5.41) is 12.7. The molecule has 7 heteroatoms. The van der Waals surface area contributed by atoms with E-state index in [1.807, 2.05) is 18.2 Å². The van der Waals surface area contributed by atoms with Crippen LogP contribution in [0.4, 0.5) is 0 Å². The van der Waals surface area contributed by atoms with E-state index in [1.165, 1.54) is 32.1 Å². The average molecular weight is 498 g/mol. The first-order valence-corrected chi connectivity index (χ1v) is 13.1. The third-order valence-corrected chi connectivity index (χ3v) is 8.44. The van der Waals surface area contributed by atoms with Crippen molar-refractivity contribution in [2.24, 2.45) is 23.7 Å². The van der Waals surface area contributed by atoms with E-state index < -0.39 is 0 Å². The molecule has 188 valence electrons. The molecule has 4 aliphatic carbocycles. The molecule has 2 N–H and O–H groups in total. The van der Waals surface area contributed by atoms with Gasteiger partial charge in [0.1, 0.15) is 23.0 Å². The fourth-order valence-electron chi connectivity index (χ4n) is 6.70. The third kappa shape index (κ3) is 5.12. The molecular formula is C28H35NO5S. The van der Waals surface area contributed by atoms with Gasteiger partial charge in [0.25, 0.3) is 5.91 Å². The van der Waals surface area contributed by atoms with Gasteiger partial charge >= 0.3 is 0 Å². The molecule has 2 aromatic rings. The van der Waals surface area contributed by atoms with E-state index in [2.05, 4.69) is 17.9 Å². The fourth-order valence-corrected chi connectivity index (χ4v) is 6.88. The molecule has 0 radical (unpaired) electrons. The quantitative estimate of drug-likeness (QED) is 0.332. The topological polar surface area (TPSA) is 80.9 Å². The van der Waals surface area contributed by atoms with Gasteiger partial charge < -0.3 is 24.3 Å². The van der Waals surface area contributed by atoms with Crippen molar-refractivity contribution < 1.29 is 23.8 Å². The molecule has 4 saturated carbocycles. The lowest BCUT2D eigenvalue weighted by Gasteiger charge is -2.54. The number of thiol groups is 1. The number of aliphatic hydroxyl groups excluding tert-OH is 1. The zero-order valence-corrected chi connectivity index (χ0v) is 21.4. The number of methoxy groups -OCH3 is 2. The molecular weight excluding hydrogens is 462 g/mol. The van der Waals surface area contributed by atoms with E-state index in [0.29, 0.717) is 52.6 Å². The largest absolute Gasteiger partial charge is 0.497 e. The van der Waals surface area contributed by atoms with Gasteiger partial charge in [-0.05, 0) is 98.5 Å². The highest BCUT2D eigenvalue weighted by atomic mass is 32.1. The Bertz CT molecular complexity index is 1060. The molecule has 0 saturated heterocycles. The number of ether oxygens (including phenoxy) is 2. The Hall–Kier alpha value is -2.38. The molecule has 0 atom stereocenters. The second-order valence-electron chi connectivity index (χ2n) is 10.4. The number of aliphatic hydroxyl groups is 1. The molecule has 0 aliphatic heterocycles. The molecule has 0 spiro atoms. The Kier molecular flexibility index (Phi) is 7.17. The normalized spacial score (nSPS) is 27.2. The maximum absolute atomic E-state index is 13.1. The molecule has 1 amide bonds. The lowest BCUT2D eigenvalue weighted by atomic mass is 9.54. The molecule has 0 unspecified atom stereocenters. The Labute approximate surface area is 212 Å². The number of hydrogen-bond acceptors (Lipinski definition) is 6. The summed E-state index contributed by atoms with van der Waals surface area (Å²) in [6.07, 6.45) is 9.33. The maximum atomic E-state index is 13.1. The smallest absolute Gasteiger partial charge is 0.257 e.